The van der Waals surface area contributed by atoms with Crippen LogP contribution in [0.3, 0.4) is 0 Å². The van der Waals surface area contributed by atoms with Crippen LogP contribution >= 0.6 is 7.92 Å². The molecule has 3 fully saturated rings. The summed E-state index contributed by atoms with van der Waals surface area (Å²) >= 11 is 0. The van der Waals surface area contributed by atoms with Crippen molar-refractivity contribution in [3.8, 4) is 0 Å². The average Bonchev–Trinajstić information content (AvgIpc) is 2.63. The van der Waals surface area contributed by atoms with Gasteiger partial charge in [0.1, 0.15) is 0 Å². The van der Waals surface area contributed by atoms with Crippen LogP contribution in [0.25, 0.3) is 0 Å². The Morgan fingerprint density at radius 3 is 1.73 bits per heavy atom. The summed E-state index contributed by atoms with van der Waals surface area (Å²) < 4.78 is 0. The van der Waals surface area contributed by atoms with E-state index in [0.717, 1.165) is 0 Å². The molecule has 3 rings (SSSR count). The van der Waals surface area contributed by atoms with Crippen molar-refractivity contribution >= 4 is 7.92 Å². The van der Waals surface area contributed by atoms with E-state index >= 15 is 0 Å². The molecule has 3 aliphatic rings. The second-order valence-corrected chi connectivity index (χ2v) is 8.85. The number of hydrogen-bond donors (Lipinski definition) is 0. The number of fused-ring (bicyclic) bond motifs is 3. The van der Waals surface area contributed by atoms with Gasteiger partial charge in [0.15, 0.2) is 0 Å². The van der Waals surface area contributed by atoms with Crippen molar-refractivity contribution in [3.63, 3.8) is 0 Å². The first-order chi connectivity index (χ1) is 7.42. The summed E-state index contributed by atoms with van der Waals surface area (Å²) in [4.78, 5) is 0. The molecule has 2 saturated carbocycles. The molecule has 2 aliphatic carbocycles. The fourth-order valence-electron chi connectivity index (χ4n) is 4.82. The summed E-state index contributed by atoms with van der Waals surface area (Å²) in [5.74, 6) is 2.38. The molecule has 15 heavy (non-hydrogen) atoms. The van der Waals surface area contributed by atoms with Gasteiger partial charge in [-0.3, -0.25) is 0 Å². The smallest absolute Gasteiger partial charge is 0.0175 e. The van der Waals surface area contributed by atoms with Gasteiger partial charge in [-0.15, -0.1) is 7.92 Å². The van der Waals surface area contributed by atoms with E-state index in [0.29, 0.717) is 7.92 Å². The molecule has 0 nitrogen and oxygen atoms in total. The van der Waals surface area contributed by atoms with Crippen molar-refractivity contribution in [3.05, 3.63) is 0 Å². The maximum atomic E-state index is 2.48. The van der Waals surface area contributed by atoms with E-state index in [1.54, 1.807) is 51.4 Å². The van der Waals surface area contributed by atoms with Crippen LogP contribution in [0, 0.1) is 11.8 Å². The van der Waals surface area contributed by atoms with Gasteiger partial charge < -0.3 is 0 Å². The number of hydrogen-bond acceptors (Lipinski definition) is 0. The average molecular weight is 224 g/mol. The molecule has 0 radical (unpaired) electrons. The summed E-state index contributed by atoms with van der Waals surface area (Å²) in [6.07, 6.45) is 14.2. The van der Waals surface area contributed by atoms with Crippen LogP contribution in [0.2, 0.25) is 0 Å². The standard InChI is InChI=1S/C14H25P/c1-2-15-13-9-5-3-7-11(13)12-8-4-6-10-14(12)15/h11-14H,2-10H2,1H3. The van der Waals surface area contributed by atoms with Crippen molar-refractivity contribution < 1.29 is 0 Å². The summed E-state index contributed by atoms with van der Waals surface area (Å²) in [6.45, 7) is 2.48. The Hall–Kier alpha value is 0.430. The lowest BCUT2D eigenvalue weighted by atomic mass is 9.73. The molecule has 0 aromatic heterocycles. The van der Waals surface area contributed by atoms with Crippen LogP contribution in [-0.4, -0.2) is 17.5 Å². The summed E-state index contributed by atoms with van der Waals surface area (Å²) in [7, 11) is 0.442. The zero-order valence-electron chi connectivity index (χ0n) is 10.1. The quantitative estimate of drug-likeness (QED) is 0.570. The predicted molar refractivity (Wildman–Crippen MR) is 69.0 cm³/mol. The van der Waals surface area contributed by atoms with Crippen LogP contribution in [0.5, 0.6) is 0 Å². The predicted octanol–water partition coefficient (Wildman–Crippen LogP) is 4.62. The molecule has 0 amide bonds. The molecule has 1 saturated heterocycles. The van der Waals surface area contributed by atoms with Crippen LogP contribution in [0.1, 0.15) is 58.3 Å². The molecule has 0 aromatic rings. The van der Waals surface area contributed by atoms with Gasteiger partial charge in [-0.05, 0) is 55.0 Å². The third kappa shape index (κ3) is 1.68. The second-order valence-electron chi connectivity index (χ2n) is 5.86. The second kappa shape index (κ2) is 4.36. The lowest BCUT2D eigenvalue weighted by Crippen LogP contribution is -2.26. The molecule has 1 aliphatic heterocycles. The molecule has 4 atom stereocenters. The van der Waals surface area contributed by atoms with E-state index in [1.165, 1.54) is 29.3 Å². The molecule has 86 valence electrons. The zero-order valence-corrected chi connectivity index (χ0v) is 11.0. The third-order valence-corrected chi connectivity index (χ3v) is 9.05. The summed E-state index contributed by atoms with van der Waals surface area (Å²) in [5, 5.41) is 0. The van der Waals surface area contributed by atoms with Crippen LogP contribution in [-0.2, 0) is 0 Å². The van der Waals surface area contributed by atoms with Crippen molar-refractivity contribution in [2.45, 2.75) is 69.6 Å². The van der Waals surface area contributed by atoms with Gasteiger partial charge >= 0.3 is 0 Å². The van der Waals surface area contributed by atoms with E-state index in [2.05, 4.69) is 6.92 Å². The fourth-order valence-corrected chi connectivity index (χ4v) is 9.00. The zero-order chi connectivity index (χ0) is 10.3. The third-order valence-electron chi connectivity index (χ3n) is 5.33. The van der Waals surface area contributed by atoms with E-state index in [4.69, 9.17) is 0 Å². The first-order valence-electron chi connectivity index (χ1n) is 7.17. The molecular weight excluding hydrogens is 199 g/mol. The summed E-state index contributed by atoms with van der Waals surface area (Å²) in [6, 6.07) is 0. The molecular formula is C14H25P. The SMILES string of the molecule is CCP1C2CCCCC2C2CCCCC21. The van der Waals surface area contributed by atoms with Crippen LogP contribution in [0.4, 0.5) is 0 Å². The molecule has 0 aromatic carbocycles. The Morgan fingerprint density at radius 2 is 1.27 bits per heavy atom. The van der Waals surface area contributed by atoms with E-state index < -0.39 is 0 Å². The maximum absolute atomic E-state index is 2.48. The van der Waals surface area contributed by atoms with Gasteiger partial charge in [0.05, 0.1) is 0 Å². The highest BCUT2D eigenvalue weighted by Gasteiger charge is 2.49. The maximum Gasteiger partial charge on any atom is -0.0175 e. The fraction of sp³-hybridized carbons (Fsp3) is 1.00. The first kappa shape index (κ1) is 10.6. The van der Waals surface area contributed by atoms with Crippen molar-refractivity contribution in [2.24, 2.45) is 11.8 Å². The van der Waals surface area contributed by atoms with Gasteiger partial charge in [0.2, 0.25) is 0 Å². The van der Waals surface area contributed by atoms with Gasteiger partial charge in [0.25, 0.3) is 0 Å². The monoisotopic (exact) mass is 224 g/mol. The Bertz CT molecular complexity index is 172. The Kier molecular flexibility index (Phi) is 3.07. The molecule has 1 heteroatoms. The van der Waals surface area contributed by atoms with Crippen molar-refractivity contribution in [2.75, 3.05) is 6.16 Å². The van der Waals surface area contributed by atoms with Crippen molar-refractivity contribution in [1.82, 2.24) is 0 Å². The molecule has 0 N–H and O–H groups in total. The minimum absolute atomic E-state index is 0.442. The largest absolute Gasteiger partial charge is 0.100 e. The van der Waals surface area contributed by atoms with Gasteiger partial charge in [-0.2, -0.15) is 0 Å². The van der Waals surface area contributed by atoms with Gasteiger partial charge in [-0.1, -0.05) is 32.6 Å². The minimum atomic E-state index is 0.442. The molecule has 0 bridgehead atoms. The Labute approximate surface area is 96.0 Å². The van der Waals surface area contributed by atoms with E-state index in [9.17, 15) is 0 Å². The lowest BCUT2D eigenvalue weighted by molar-refractivity contribution is 0.231. The van der Waals surface area contributed by atoms with Crippen LogP contribution in [0.15, 0.2) is 0 Å². The van der Waals surface area contributed by atoms with E-state index in [-0.39, 0.29) is 0 Å². The van der Waals surface area contributed by atoms with Gasteiger partial charge in [0, 0.05) is 0 Å². The molecule has 0 spiro atoms. The highest BCUT2D eigenvalue weighted by atomic mass is 31.1. The minimum Gasteiger partial charge on any atom is -0.100 e. The van der Waals surface area contributed by atoms with Crippen LogP contribution < -0.4 is 0 Å². The highest BCUT2D eigenvalue weighted by molar-refractivity contribution is 7.59. The topological polar surface area (TPSA) is 0 Å². The van der Waals surface area contributed by atoms with Crippen molar-refractivity contribution in [1.29, 1.82) is 0 Å². The highest BCUT2D eigenvalue weighted by Crippen LogP contribution is 2.67. The summed E-state index contributed by atoms with van der Waals surface area (Å²) in [5.41, 5.74) is 2.43. The molecule has 1 heterocycles. The first-order valence-corrected chi connectivity index (χ1v) is 8.84. The van der Waals surface area contributed by atoms with Gasteiger partial charge in [-0.25, -0.2) is 0 Å². The Balaban J connectivity index is 1.83. The normalized spacial score (nSPS) is 49.8. The van der Waals surface area contributed by atoms with E-state index in [1.807, 2.05) is 0 Å². The Morgan fingerprint density at radius 1 is 0.800 bits per heavy atom. The number of rotatable bonds is 1. The molecule has 4 unspecified atom stereocenters. The lowest BCUT2D eigenvalue weighted by Gasteiger charge is -2.31.